The minimum absolute atomic E-state index is 0.356. The second-order valence-corrected chi connectivity index (χ2v) is 7.69. The largest absolute Gasteiger partial charge is 0.490 e. The number of aromatic nitrogens is 2. The van der Waals surface area contributed by atoms with Crippen LogP contribution in [0.3, 0.4) is 0 Å². The maximum Gasteiger partial charge on any atom is 0.220 e. The summed E-state index contributed by atoms with van der Waals surface area (Å²) in [6.45, 7) is 8.91. The summed E-state index contributed by atoms with van der Waals surface area (Å²) >= 11 is 0. The zero-order valence-electron chi connectivity index (χ0n) is 18.6. The van der Waals surface area contributed by atoms with Crippen LogP contribution >= 0.6 is 0 Å². The molecule has 1 rings (SSSR count). The summed E-state index contributed by atoms with van der Waals surface area (Å²) in [4.78, 5) is 8.70. The van der Waals surface area contributed by atoms with E-state index in [9.17, 15) is 0 Å². The first-order valence-corrected chi connectivity index (χ1v) is 11.5. The first-order valence-electron chi connectivity index (χ1n) is 11.5. The number of nitrogens with zero attached hydrogens (tertiary/aromatic N) is 2. The third kappa shape index (κ3) is 11.5. The molecule has 2 N–H and O–H groups in total. The van der Waals surface area contributed by atoms with Gasteiger partial charge in [0.25, 0.3) is 0 Å². The van der Waals surface area contributed by atoms with Gasteiger partial charge in [0.05, 0.1) is 18.0 Å². The number of unbranched alkanes of at least 4 members (excludes halogenated alkanes) is 9. The molecule has 28 heavy (non-hydrogen) atoms. The van der Waals surface area contributed by atoms with Gasteiger partial charge in [0.15, 0.2) is 5.75 Å². The molecule has 0 bridgehead atoms. The lowest BCUT2D eigenvalue weighted by Gasteiger charge is -2.13. The Labute approximate surface area is 172 Å². The van der Waals surface area contributed by atoms with Crippen molar-refractivity contribution >= 4 is 5.95 Å². The Morgan fingerprint density at radius 1 is 0.714 bits per heavy atom. The van der Waals surface area contributed by atoms with Crippen LogP contribution in [-0.4, -0.2) is 29.8 Å². The molecule has 162 valence electrons. The van der Waals surface area contributed by atoms with E-state index in [4.69, 9.17) is 15.2 Å². The van der Waals surface area contributed by atoms with Gasteiger partial charge in [0.2, 0.25) is 5.95 Å². The average Bonchev–Trinajstić information content (AvgIpc) is 2.67. The van der Waals surface area contributed by atoms with Crippen molar-refractivity contribution in [3.05, 3.63) is 11.4 Å². The van der Waals surface area contributed by atoms with Gasteiger partial charge in [-0.1, -0.05) is 65.2 Å². The lowest BCUT2D eigenvalue weighted by Crippen LogP contribution is -2.08. The van der Waals surface area contributed by atoms with Crippen LogP contribution in [0.2, 0.25) is 0 Å². The third-order valence-corrected chi connectivity index (χ3v) is 4.96. The molecule has 0 saturated heterocycles. The molecule has 1 aromatic heterocycles. The molecule has 1 heterocycles. The van der Waals surface area contributed by atoms with E-state index in [2.05, 4.69) is 23.8 Å². The molecule has 0 unspecified atom stereocenters. The van der Waals surface area contributed by atoms with Crippen LogP contribution < -0.4 is 10.5 Å². The van der Waals surface area contributed by atoms with Crippen molar-refractivity contribution in [3.63, 3.8) is 0 Å². The summed E-state index contributed by atoms with van der Waals surface area (Å²) in [6, 6.07) is 0. The molecule has 0 spiro atoms. The van der Waals surface area contributed by atoms with E-state index in [0.29, 0.717) is 5.95 Å². The normalized spacial score (nSPS) is 11.1. The Kier molecular flexibility index (Phi) is 14.6. The quantitative estimate of drug-likeness (QED) is 0.308. The highest BCUT2D eigenvalue weighted by Gasteiger charge is 2.12. The van der Waals surface area contributed by atoms with Crippen LogP contribution in [0, 0.1) is 6.92 Å². The molecule has 0 aliphatic carbocycles. The van der Waals surface area contributed by atoms with E-state index < -0.39 is 0 Å². The number of aryl methyl sites for hydroxylation is 2. The summed E-state index contributed by atoms with van der Waals surface area (Å²) in [5.41, 5.74) is 7.67. The van der Waals surface area contributed by atoms with Gasteiger partial charge in [-0.15, -0.1) is 0 Å². The highest BCUT2D eigenvalue weighted by atomic mass is 16.5. The maximum atomic E-state index is 5.94. The van der Waals surface area contributed by atoms with Crippen LogP contribution in [-0.2, 0) is 11.2 Å². The van der Waals surface area contributed by atoms with Crippen LogP contribution in [0.25, 0.3) is 0 Å². The molecule has 0 amide bonds. The molecule has 0 atom stereocenters. The van der Waals surface area contributed by atoms with Gasteiger partial charge in [-0.25, -0.2) is 9.97 Å². The topological polar surface area (TPSA) is 70.3 Å². The lowest BCUT2D eigenvalue weighted by atomic mass is 10.1. The summed E-state index contributed by atoms with van der Waals surface area (Å²) in [6.07, 6.45) is 15.6. The van der Waals surface area contributed by atoms with Crippen molar-refractivity contribution in [2.75, 3.05) is 25.6 Å². The van der Waals surface area contributed by atoms with Gasteiger partial charge in [0, 0.05) is 13.2 Å². The van der Waals surface area contributed by atoms with Crippen LogP contribution in [0.5, 0.6) is 5.75 Å². The fourth-order valence-corrected chi connectivity index (χ4v) is 3.23. The minimum Gasteiger partial charge on any atom is -0.490 e. The van der Waals surface area contributed by atoms with Crippen molar-refractivity contribution in [3.8, 4) is 5.75 Å². The van der Waals surface area contributed by atoms with E-state index in [1.807, 2.05) is 6.92 Å². The fourth-order valence-electron chi connectivity index (χ4n) is 3.23. The molecule has 0 aromatic carbocycles. The van der Waals surface area contributed by atoms with Gasteiger partial charge < -0.3 is 15.2 Å². The predicted molar refractivity (Wildman–Crippen MR) is 118 cm³/mol. The first-order chi connectivity index (χ1) is 13.7. The second-order valence-electron chi connectivity index (χ2n) is 7.69. The first kappa shape index (κ1) is 24.7. The fraction of sp³-hybridized carbons (Fsp3) is 0.826. The average molecular weight is 394 g/mol. The predicted octanol–water partition coefficient (Wildman–Crippen LogP) is 6.03. The van der Waals surface area contributed by atoms with E-state index >= 15 is 0 Å². The number of nitrogen functional groups attached to an aromatic ring is 1. The molecule has 0 aliphatic rings. The Balaban J connectivity index is 2.12. The lowest BCUT2D eigenvalue weighted by molar-refractivity contribution is 0.127. The molecule has 5 nitrogen and oxygen atoms in total. The number of nitrogens with two attached hydrogens (primary N) is 1. The monoisotopic (exact) mass is 393 g/mol. The van der Waals surface area contributed by atoms with Crippen LogP contribution in [0.15, 0.2) is 0 Å². The zero-order chi connectivity index (χ0) is 20.5. The van der Waals surface area contributed by atoms with Gasteiger partial charge in [-0.05, 0) is 39.0 Å². The number of ether oxygens (including phenoxy) is 2. The second kappa shape index (κ2) is 16.6. The van der Waals surface area contributed by atoms with Crippen molar-refractivity contribution < 1.29 is 9.47 Å². The molecular formula is C23H43N3O2. The molecule has 0 radical (unpaired) electrons. The van der Waals surface area contributed by atoms with Gasteiger partial charge in [-0.2, -0.15) is 0 Å². The molecule has 0 saturated carbocycles. The highest BCUT2D eigenvalue weighted by Crippen LogP contribution is 2.24. The van der Waals surface area contributed by atoms with E-state index in [-0.39, 0.29) is 0 Å². The van der Waals surface area contributed by atoms with Crippen LogP contribution in [0.1, 0.15) is 102 Å². The molecular weight excluding hydrogens is 350 g/mol. The van der Waals surface area contributed by atoms with Crippen molar-refractivity contribution in [1.82, 2.24) is 9.97 Å². The summed E-state index contributed by atoms with van der Waals surface area (Å²) < 4.78 is 11.5. The van der Waals surface area contributed by atoms with E-state index in [0.717, 1.165) is 62.6 Å². The molecule has 5 heteroatoms. The van der Waals surface area contributed by atoms with Crippen molar-refractivity contribution in [2.45, 2.75) is 104 Å². The minimum atomic E-state index is 0.356. The van der Waals surface area contributed by atoms with Gasteiger partial charge >= 0.3 is 0 Å². The highest BCUT2D eigenvalue weighted by molar-refractivity contribution is 5.37. The van der Waals surface area contributed by atoms with Gasteiger partial charge in [-0.3, -0.25) is 0 Å². The molecule has 0 aliphatic heterocycles. The summed E-state index contributed by atoms with van der Waals surface area (Å²) in [5.74, 6) is 1.21. The standard InChI is InChI=1S/C23H43N3O2/c1-4-6-17-27-18-15-13-11-9-8-10-12-14-16-21-22(28-19-7-5-2)20(3)25-23(24)26-21/h4-19H2,1-3H3,(H2,24,25,26). The summed E-state index contributed by atoms with van der Waals surface area (Å²) in [7, 11) is 0. The number of hydrogen-bond donors (Lipinski definition) is 1. The Morgan fingerprint density at radius 3 is 1.96 bits per heavy atom. The third-order valence-electron chi connectivity index (χ3n) is 4.96. The van der Waals surface area contributed by atoms with E-state index in [1.165, 1.54) is 57.8 Å². The Bertz CT molecular complexity index is 509. The molecule has 0 fully saturated rings. The number of rotatable bonds is 18. The Hall–Kier alpha value is -1.36. The van der Waals surface area contributed by atoms with E-state index in [1.54, 1.807) is 0 Å². The number of hydrogen-bond acceptors (Lipinski definition) is 5. The number of anilines is 1. The maximum absolute atomic E-state index is 5.94. The van der Waals surface area contributed by atoms with Crippen molar-refractivity contribution in [1.29, 1.82) is 0 Å². The van der Waals surface area contributed by atoms with Crippen LogP contribution in [0.4, 0.5) is 5.95 Å². The smallest absolute Gasteiger partial charge is 0.220 e. The SMILES string of the molecule is CCCCOCCCCCCCCCCc1nc(N)nc(C)c1OCCCC. The summed E-state index contributed by atoms with van der Waals surface area (Å²) in [5, 5.41) is 0. The van der Waals surface area contributed by atoms with Gasteiger partial charge in [0.1, 0.15) is 0 Å². The Morgan fingerprint density at radius 2 is 1.29 bits per heavy atom. The zero-order valence-corrected chi connectivity index (χ0v) is 18.6. The molecule has 1 aromatic rings. The van der Waals surface area contributed by atoms with Crippen molar-refractivity contribution in [2.24, 2.45) is 0 Å².